The Bertz CT molecular complexity index is 230. The van der Waals surface area contributed by atoms with Crippen molar-refractivity contribution < 1.29 is 25.2 Å². The molecule has 0 aliphatic heterocycles. The van der Waals surface area contributed by atoms with Gasteiger partial charge in [0.15, 0.2) is 0 Å². The lowest BCUT2D eigenvalue weighted by Gasteiger charge is -2.16. The van der Waals surface area contributed by atoms with Crippen LogP contribution in [0.5, 0.6) is 0 Å². The molecule has 0 aromatic rings. The fourth-order valence-electron chi connectivity index (χ4n) is 1.46. The summed E-state index contributed by atoms with van der Waals surface area (Å²) in [4.78, 5) is 10.9. The largest absolute Gasteiger partial charge is 0.478 e. The zero-order chi connectivity index (χ0) is 11.8. The third-order valence-corrected chi connectivity index (χ3v) is 2.20. The maximum absolute atomic E-state index is 10.9. The van der Waals surface area contributed by atoms with Crippen LogP contribution >= 0.6 is 0 Å². The number of hydrogen-bond donors (Lipinski definition) is 4. The number of rotatable bonds is 7. The van der Waals surface area contributed by atoms with Gasteiger partial charge in [0.05, 0.1) is 19.8 Å². The Morgan fingerprint density at radius 1 is 1.20 bits per heavy atom. The van der Waals surface area contributed by atoms with Crippen molar-refractivity contribution in [1.82, 2.24) is 0 Å². The summed E-state index contributed by atoms with van der Waals surface area (Å²) in [6.07, 6.45) is 1.16. The van der Waals surface area contributed by atoms with Gasteiger partial charge < -0.3 is 20.4 Å². The predicted octanol–water partition coefficient (Wildman–Crippen LogP) is -0.239. The molecule has 0 fully saturated rings. The summed E-state index contributed by atoms with van der Waals surface area (Å²) in [5.41, 5.74) is 0.308. The van der Waals surface area contributed by atoms with Gasteiger partial charge in [0.2, 0.25) is 0 Å². The topological polar surface area (TPSA) is 98.0 Å². The first-order chi connectivity index (χ1) is 7.12. The fraction of sp³-hybridized carbons (Fsp3) is 0.700. The standard InChI is InChI=1S/C10H18O5/c1-2-3-7(4-11)9(10(14)15)8(5-12)6-13/h8,11-13H,2-6H2,1H3,(H,14,15)/b9-7-. The molecule has 0 aliphatic rings. The number of carboxylic acids is 1. The van der Waals surface area contributed by atoms with Gasteiger partial charge in [-0.15, -0.1) is 0 Å². The van der Waals surface area contributed by atoms with Gasteiger partial charge in [0.25, 0.3) is 0 Å². The molecule has 15 heavy (non-hydrogen) atoms. The maximum atomic E-state index is 10.9. The Labute approximate surface area is 88.7 Å². The fourth-order valence-corrected chi connectivity index (χ4v) is 1.46. The zero-order valence-electron chi connectivity index (χ0n) is 8.81. The van der Waals surface area contributed by atoms with Crippen molar-refractivity contribution in [3.05, 3.63) is 11.1 Å². The van der Waals surface area contributed by atoms with Crippen molar-refractivity contribution in [1.29, 1.82) is 0 Å². The third kappa shape index (κ3) is 3.99. The number of aliphatic hydroxyl groups is 3. The van der Waals surface area contributed by atoms with Crippen molar-refractivity contribution in [2.24, 2.45) is 5.92 Å². The molecule has 0 aliphatic carbocycles. The number of carboxylic acid groups (broad SMARTS) is 1. The molecule has 0 rings (SSSR count). The molecule has 0 amide bonds. The van der Waals surface area contributed by atoms with Crippen LogP contribution in [0.3, 0.4) is 0 Å². The summed E-state index contributed by atoms with van der Waals surface area (Å²) in [5.74, 6) is -2.02. The Kier molecular flexibility index (Phi) is 6.94. The van der Waals surface area contributed by atoms with E-state index in [0.29, 0.717) is 18.4 Å². The molecule has 0 spiro atoms. The lowest BCUT2D eigenvalue weighted by molar-refractivity contribution is -0.133. The van der Waals surface area contributed by atoms with Crippen LogP contribution < -0.4 is 0 Å². The first-order valence-corrected chi connectivity index (χ1v) is 4.90. The molecular weight excluding hydrogens is 200 g/mol. The highest BCUT2D eigenvalue weighted by Gasteiger charge is 2.22. The van der Waals surface area contributed by atoms with E-state index in [1.807, 2.05) is 6.92 Å². The van der Waals surface area contributed by atoms with Gasteiger partial charge in [0.1, 0.15) is 0 Å². The van der Waals surface area contributed by atoms with Crippen LogP contribution in [0.2, 0.25) is 0 Å². The second kappa shape index (κ2) is 7.39. The quantitative estimate of drug-likeness (QED) is 0.442. The number of carbonyl (C=O) groups is 1. The molecular formula is C10H18O5. The van der Waals surface area contributed by atoms with Crippen LogP contribution in [0.1, 0.15) is 19.8 Å². The van der Waals surface area contributed by atoms with E-state index < -0.39 is 25.1 Å². The third-order valence-electron chi connectivity index (χ3n) is 2.20. The molecule has 0 atom stereocenters. The van der Waals surface area contributed by atoms with E-state index in [1.165, 1.54) is 0 Å². The average Bonchev–Trinajstić information content (AvgIpc) is 2.22. The van der Waals surface area contributed by atoms with Gasteiger partial charge >= 0.3 is 5.97 Å². The summed E-state index contributed by atoms with van der Waals surface area (Å²) in [5, 5.41) is 35.8. The first kappa shape index (κ1) is 14.1. The molecule has 0 unspecified atom stereocenters. The van der Waals surface area contributed by atoms with Crippen LogP contribution in [0.25, 0.3) is 0 Å². The minimum Gasteiger partial charge on any atom is -0.478 e. The molecule has 4 N–H and O–H groups in total. The first-order valence-electron chi connectivity index (χ1n) is 4.90. The smallest absolute Gasteiger partial charge is 0.332 e. The van der Waals surface area contributed by atoms with Crippen LogP contribution in [-0.2, 0) is 4.79 Å². The normalized spacial score (nSPS) is 12.9. The number of aliphatic carboxylic acids is 1. The Hall–Kier alpha value is -0.910. The molecule has 0 aromatic heterocycles. The Balaban J connectivity index is 5.11. The SMILES string of the molecule is CCC/C(CO)=C(/C(=O)O)C(CO)CO. The second-order valence-electron chi connectivity index (χ2n) is 3.29. The summed E-state index contributed by atoms with van der Waals surface area (Å²) in [6.45, 7) is 0.630. The van der Waals surface area contributed by atoms with Crippen LogP contribution in [0.4, 0.5) is 0 Å². The minimum absolute atomic E-state index is 0.0654. The minimum atomic E-state index is -1.19. The molecule has 0 aromatic carbocycles. The van der Waals surface area contributed by atoms with Crippen molar-refractivity contribution in [2.45, 2.75) is 19.8 Å². The van der Waals surface area contributed by atoms with E-state index in [4.69, 9.17) is 20.4 Å². The molecule has 0 saturated heterocycles. The highest BCUT2D eigenvalue weighted by Crippen LogP contribution is 2.19. The number of aliphatic hydroxyl groups excluding tert-OH is 3. The summed E-state index contributed by atoms with van der Waals surface area (Å²) in [6, 6.07) is 0. The highest BCUT2D eigenvalue weighted by atomic mass is 16.4. The van der Waals surface area contributed by atoms with E-state index in [2.05, 4.69) is 0 Å². The zero-order valence-corrected chi connectivity index (χ0v) is 8.81. The molecule has 0 bridgehead atoms. The van der Waals surface area contributed by atoms with Crippen molar-refractivity contribution in [3.63, 3.8) is 0 Å². The molecule has 0 saturated carbocycles. The maximum Gasteiger partial charge on any atom is 0.332 e. The average molecular weight is 218 g/mol. The lowest BCUT2D eigenvalue weighted by atomic mass is 9.93. The summed E-state index contributed by atoms with van der Waals surface area (Å²) >= 11 is 0. The van der Waals surface area contributed by atoms with E-state index >= 15 is 0 Å². The van der Waals surface area contributed by atoms with Gasteiger partial charge in [0, 0.05) is 11.5 Å². The molecule has 0 heterocycles. The van der Waals surface area contributed by atoms with Gasteiger partial charge in [-0.05, 0) is 12.0 Å². The van der Waals surface area contributed by atoms with Gasteiger partial charge in [-0.2, -0.15) is 0 Å². The summed E-state index contributed by atoms with van der Waals surface area (Å²) < 4.78 is 0. The molecule has 5 nitrogen and oxygen atoms in total. The Morgan fingerprint density at radius 3 is 2.00 bits per heavy atom. The van der Waals surface area contributed by atoms with Gasteiger partial charge in [-0.25, -0.2) is 4.79 Å². The van der Waals surface area contributed by atoms with E-state index in [0.717, 1.165) is 0 Å². The van der Waals surface area contributed by atoms with E-state index in [1.54, 1.807) is 0 Å². The van der Waals surface area contributed by atoms with Crippen LogP contribution in [0, 0.1) is 5.92 Å². The van der Waals surface area contributed by atoms with Crippen LogP contribution in [0.15, 0.2) is 11.1 Å². The van der Waals surface area contributed by atoms with Gasteiger partial charge in [-0.3, -0.25) is 0 Å². The van der Waals surface area contributed by atoms with Crippen molar-refractivity contribution in [3.8, 4) is 0 Å². The number of hydrogen-bond acceptors (Lipinski definition) is 4. The van der Waals surface area contributed by atoms with Crippen LogP contribution in [-0.4, -0.2) is 46.2 Å². The Morgan fingerprint density at radius 2 is 1.73 bits per heavy atom. The highest BCUT2D eigenvalue weighted by molar-refractivity contribution is 5.88. The molecule has 88 valence electrons. The predicted molar refractivity (Wildman–Crippen MR) is 54.3 cm³/mol. The van der Waals surface area contributed by atoms with Crippen molar-refractivity contribution >= 4 is 5.97 Å². The molecule has 5 heteroatoms. The summed E-state index contributed by atoms with van der Waals surface area (Å²) in [7, 11) is 0. The van der Waals surface area contributed by atoms with E-state index in [9.17, 15) is 4.79 Å². The lowest BCUT2D eigenvalue weighted by Crippen LogP contribution is -2.22. The second-order valence-corrected chi connectivity index (χ2v) is 3.29. The van der Waals surface area contributed by atoms with Gasteiger partial charge in [-0.1, -0.05) is 13.3 Å². The van der Waals surface area contributed by atoms with Crippen molar-refractivity contribution in [2.75, 3.05) is 19.8 Å². The monoisotopic (exact) mass is 218 g/mol. The molecule has 0 radical (unpaired) electrons. The van der Waals surface area contributed by atoms with E-state index in [-0.39, 0.29) is 12.2 Å².